The molecule has 2 aliphatic rings. The number of aliphatic hydroxyl groups excluding tert-OH is 1. The molecule has 3 heterocycles. The van der Waals surface area contributed by atoms with E-state index < -0.39 is 0 Å². The highest BCUT2D eigenvalue weighted by molar-refractivity contribution is 5.93. The number of hydrogen-bond acceptors (Lipinski definition) is 6. The number of hydrogen-bond donors (Lipinski definition) is 2. The molecule has 0 bridgehead atoms. The summed E-state index contributed by atoms with van der Waals surface area (Å²) in [6, 6.07) is 0.610. The average molecular weight is 364 g/mol. The van der Waals surface area contributed by atoms with Gasteiger partial charge in [-0.2, -0.15) is 0 Å². The third-order valence-electron chi connectivity index (χ3n) is 5.65. The number of rotatable bonds is 5. The minimum atomic E-state index is -0.349. The molecule has 2 saturated heterocycles. The van der Waals surface area contributed by atoms with Crippen LogP contribution >= 0.6 is 0 Å². The van der Waals surface area contributed by atoms with Crippen molar-refractivity contribution in [1.29, 1.82) is 0 Å². The fraction of sp³-hybridized carbons (Fsp3) is 0.833. The van der Waals surface area contributed by atoms with E-state index in [0.29, 0.717) is 31.4 Å². The van der Waals surface area contributed by atoms with E-state index in [1.165, 1.54) is 0 Å². The van der Waals surface area contributed by atoms with Gasteiger partial charge in [-0.1, -0.05) is 12.1 Å². The summed E-state index contributed by atoms with van der Waals surface area (Å²) in [5.41, 5.74) is 1.36. The number of nitrogens with one attached hydrogen (secondary N) is 1. The largest absolute Gasteiger partial charge is 0.392 e. The molecule has 1 amide bonds. The second-order valence-corrected chi connectivity index (χ2v) is 7.61. The minimum absolute atomic E-state index is 0.0159. The first-order chi connectivity index (χ1) is 12.5. The van der Waals surface area contributed by atoms with E-state index in [2.05, 4.69) is 27.5 Å². The van der Waals surface area contributed by atoms with Crippen LogP contribution < -0.4 is 5.32 Å². The van der Waals surface area contributed by atoms with Gasteiger partial charge >= 0.3 is 0 Å². The number of piperazine rings is 1. The molecule has 2 N–H and O–H groups in total. The molecule has 0 aromatic carbocycles. The fourth-order valence-corrected chi connectivity index (χ4v) is 4.13. The number of aliphatic hydroxyl groups is 1. The van der Waals surface area contributed by atoms with Gasteiger partial charge in [-0.3, -0.25) is 9.69 Å². The van der Waals surface area contributed by atoms with Crippen LogP contribution in [-0.4, -0.2) is 87.2 Å². The summed E-state index contributed by atoms with van der Waals surface area (Å²) in [5.74, 6) is -0.0159. The molecule has 2 fully saturated rings. The summed E-state index contributed by atoms with van der Waals surface area (Å²) in [6.45, 7) is 10.7. The number of carbonyl (C=O) groups is 1. The second kappa shape index (κ2) is 8.45. The third kappa shape index (κ3) is 4.07. The molecule has 1 aromatic rings. The predicted molar refractivity (Wildman–Crippen MR) is 99.1 cm³/mol. The van der Waals surface area contributed by atoms with Gasteiger partial charge in [0.15, 0.2) is 5.69 Å². The minimum Gasteiger partial charge on any atom is -0.392 e. The Bertz CT molecular complexity index is 611. The Labute approximate surface area is 155 Å². The van der Waals surface area contributed by atoms with Gasteiger partial charge in [0.1, 0.15) is 0 Å². The van der Waals surface area contributed by atoms with E-state index in [1.807, 2.05) is 23.4 Å². The van der Waals surface area contributed by atoms with Crippen LogP contribution in [-0.2, 0) is 0 Å². The van der Waals surface area contributed by atoms with Gasteiger partial charge in [0.2, 0.25) is 0 Å². The molecule has 1 aromatic heterocycles. The van der Waals surface area contributed by atoms with E-state index >= 15 is 0 Å². The summed E-state index contributed by atoms with van der Waals surface area (Å²) in [5, 5.41) is 21.6. The van der Waals surface area contributed by atoms with Crippen LogP contribution in [0.2, 0.25) is 0 Å². The highest BCUT2D eigenvalue weighted by atomic mass is 16.3. The van der Waals surface area contributed by atoms with Crippen LogP contribution in [0.15, 0.2) is 0 Å². The first-order valence-electron chi connectivity index (χ1n) is 9.85. The number of carbonyl (C=O) groups excluding carboxylic acids is 1. The lowest BCUT2D eigenvalue weighted by molar-refractivity contribution is 0.0306. The molecule has 2 aliphatic heterocycles. The molecule has 146 valence electrons. The zero-order valence-electron chi connectivity index (χ0n) is 16.2. The quantitative estimate of drug-likeness (QED) is 0.788. The number of amides is 1. The zero-order valence-corrected chi connectivity index (χ0v) is 16.2. The lowest BCUT2D eigenvalue weighted by Crippen LogP contribution is -2.56. The third-order valence-corrected chi connectivity index (χ3v) is 5.65. The van der Waals surface area contributed by atoms with Crippen molar-refractivity contribution in [2.45, 2.75) is 58.2 Å². The highest BCUT2D eigenvalue weighted by Gasteiger charge is 2.32. The van der Waals surface area contributed by atoms with Gasteiger partial charge in [0.25, 0.3) is 5.91 Å². The molecule has 2 atom stereocenters. The van der Waals surface area contributed by atoms with Crippen LogP contribution in [0.25, 0.3) is 0 Å². The molecule has 26 heavy (non-hydrogen) atoms. The summed E-state index contributed by atoms with van der Waals surface area (Å²) >= 11 is 0. The first kappa shape index (κ1) is 19.3. The van der Waals surface area contributed by atoms with Gasteiger partial charge in [-0.05, 0) is 46.2 Å². The maximum Gasteiger partial charge on any atom is 0.276 e. The normalized spacial score (nSPS) is 24.0. The van der Waals surface area contributed by atoms with E-state index in [4.69, 9.17) is 0 Å². The van der Waals surface area contributed by atoms with Crippen molar-refractivity contribution in [3.63, 3.8) is 0 Å². The van der Waals surface area contributed by atoms with E-state index in [-0.39, 0.29) is 18.1 Å². The average Bonchev–Trinajstić information content (AvgIpc) is 3.03. The second-order valence-electron chi connectivity index (χ2n) is 7.61. The van der Waals surface area contributed by atoms with Crippen LogP contribution in [0, 0.1) is 6.92 Å². The predicted octanol–water partition coefficient (Wildman–Crippen LogP) is 0.428. The van der Waals surface area contributed by atoms with Crippen molar-refractivity contribution in [3.05, 3.63) is 11.4 Å². The Morgan fingerprint density at radius 1 is 1.35 bits per heavy atom. The van der Waals surface area contributed by atoms with E-state index in [0.717, 1.165) is 44.6 Å². The zero-order chi connectivity index (χ0) is 18.7. The maximum atomic E-state index is 13.0. The molecule has 8 heteroatoms. The van der Waals surface area contributed by atoms with Gasteiger partial charge in [-0.25, -0.2) is 4.68 Å². The van der Waals surface area contributed by atoms with E-state index in [1.54, 1.807) is 0 Å². The van der Waals surface area contributed by atoms with Crippen molar-refractivity contribution in [2.24, 2.45) is 0 Å². The standard InChI is InChI=1S/C18H32N6O2/c1-4-15-12-23(10-9-22(15)11-13(2)25)18(26)17-14(3)24(21-20-17)16-5-7-19-8-6-16/h13,15-16,19,25H,4-12H2,1-3H3. The van der Waals surface area contributed by atoms with E-state index in [9.17, 15) is 9.90 Å². The Morgan fingerprint density at radius 2 is 2.08 bits per heavy atom. The summed E-state index contributed by atoms with van der Waals surface area (Å²) in [4.78, 5) is 17.2. The molecule has 2 unspecified atom stereocenters. The van der Waals surface area contributed by atoms with Crippen molar-refractivity contribution in [3.8, 4) is 0 Å². The molecule has 8 nitrogen and oxygen atoms in total. The number of nitrogens with zero attached hydrogens (tertiary/aromatic N) is 5. The molecule has 0 radical (unpaired) electrons. The molecular formula is C18H32N6O2. The number of piperidine rings is 1. The highest BCUT2D eigenvalue weighted by Crippen LogP contribution is 2.22. The monoisotopic (exact) mass is 364 g/mol. The van der Waals surface area contributed by atoms with Gasteiger partial charge in [0, 0.05) is 32.2 Å². The Balaban J connectivity index is 1.69. The SMILES string of the molecule is CCC1CN(C(=O)c2nnn(C3CCNCC3)c2C)CCN1CC(C)O. The van der Waals surface area contributed by atoms with Gasteiger partial charge in [-0.15, -0.1) is 5.10 Å². The summed E-state index contributed by atoms with van der Waals surface area (Å²) < 4.78 is 1.94. The van der Waals surface area contributed by atoms with Crippen LogP contribution in [0.3, 0.4) is 0 Å². The molecule has 0 saturated carbocycles. The van der Waals surface area contributed by atoms with Crippen molar-refractivity contribution in [1.82, 2.24) is 30.1 Å². The van der Waals surface area contributed by atoms with Crippen LogP contribution in [0.4, 0.5) is 0 Å². The number of β-amino-alcohol motifs (C(OH)–C–C–N with tert-alkyl or cyclic N) is 1. The van der Waals surface area contributed by atoms with Gasteiger partial charge < -0.3 is 15.3 Å². The molecule has 0 aliphatic carbocycles. The van der Waals surface area contributed by atoms with Crippen molar-refractivity contribution >= 4 is 5.91 Å². The molecule has 3 rings (SSSR count). The lowest BCUT2D eigenvalue weighted by atomic mass is 10.1. The summed E-state index contributed by atoms with van der Waals surface area (Å²) in [6.07, 6.45) is 2.65. The Hall–Kier alpha value is -1.51. The summed E-state index contributed by atoms with van der Waals surface area (Å²) in [7, 11) is 0. The smallest absolute Gasteiger partial charge is 0.276 e. The Morgan fingerprint density at radius 3 is 2.73 bits per heavy atom. The molecule has 0 spiro atoms. The molecular weight excluding hydrogens is 332 g/mol. The van der Waals surface area contributed by atoms with Crippen LogP contribution in [0.5, 0.6) is 0 Å². The van der Waals surface area contributed by atoms with Gasteiger partial charge in [0.05, 0.1) is 17.8 Å². The van der Waals surface area contributed by atoms with Crippen LogP contribution in [0.1, 0.15) is 55.3 Å². The lowest BCUT2D eigenvalue weighted by Gasteiger charge is -2.41. The fourth-order valence-electron chi connectivity index (χ4n) is 4.13. The maximum absolute atomic E-state index is 13.0. The topological polar surface area (TPSA) is 86.5 Å². The Kier molecular flexibility index (Phi) is 6.26. The number of aromatic nitrogens is 3. The van der Waals surface area contributed by atoms with Crippen molar-refractivity contribution < 1.29 is 9.90 Å². The first-order valence-corrected chi connectivity index (χ1v) is 9.85. The van der Waals surface area contributed by atoms with Crippen molar-refractivity contribution in [2.75, 3.05) is 39.3 Å².